The van der Waals surface area contributed by atoms with E-state index in [1.54, 1.807) is 38.4 Å². The van der Waals surface area contributed by atoms with Crippen molar-refractivity contribution in [1.29, 1.82) is 0 Å². The number of carbonyl (C=O) groups excluding carboxylic acids is 2. The molecule has 2 amide bonds. The molecule has 1 unspecified atom stereocenters. The average Bonchev–Trinajstić information content (AvgIpc) is 3.60. The number of nitrogens with one attached hydrogen (secondary N) is 2. The number of benzene rings is 1. The Morgan fingerprint density at radius 3 is 2.58 bits per heavy atom. The number of nitrogens with zero attached hydrogens (tertiary/aromatic N) is 3. The first-order chi connectivity index (χ1) is 14.9. The predicted molar refractivity (Wildman–Crippen MR) is 118 cm³/mol. The molecule has 0 bridgehead atoms. The largest absolute Gasteiger partial charge is 0.394 e. The molecule has 1 aliphatic carbocycles. The highest BCUT2D eigenvalue weighted by atomic mass is 16.3. The Hall–Kier alpha value is -3.00. The summed E-state index contributed by atoms with van der Waals surface area (Å²) in [5, 5.41) is 15.5. The van der Waals surface area contributed by atoms with Crippen LogP contribution in [0, 0.1) is 11.8 Å². The summed E-state index contributed by atoms with van der Waals surface area (Å²) in [6, 6.07) is 6.79. The number of aliphatic hydroxyl groups is 1. The number of rotatable bonds is 6. The molecule has 0 saturated heterocycles. The first-order valence-electron chi connectivity index (χ1n) is 10.8. The Labute approximate surface area is 182 Å². The third-order valence-corrected chi connectivity index (χ3v) is 6.19. The lowest BCUT2D eigenvalue weighted by Crippen LogP contribution is -2.51. The fourth-order valence-electron chi connectivity index (χ4n) is 4.57. The van der Waals surface area contributed by atoms with E-state index in [-0.39, 0.29) is 42.5 Å². The molecule has 2 aromatic rings. The van der Waals surface area contributed by atoms with Gasteiger partial charge in [-0.25, -0.2) is 9.97 Å². The van der Waals surface area contributed by atoms with Crippen LogP contribution >= 0.6 is 0 Å². The van der Waals surface area contributed by atoms with E-state index in [4.69, 9.17) is 0 Å². The van der Waals surface area contributed by atoms with Gasteiger partial charge in [0.05, 0.1) is 12.6 Å². The summed E-state index contributed by atoms with van der Waals surface area (Å²) in [6.07, 6.45) is 5.60. The highest BCUT2D eigenvalue weighted by Gasteiger charge is 2.47. The summed E-state index contributed by atoms with van der Waals surface area (Å²) in [5.74, 6) is 0.833. The third-order valence-electron chi connectivity index (χ3n) is 6.19. The highest BCUT2D eigenvalue weighted by Crippen LogP contribution is 2.50. The van der Waals surface area contributed by atoms with Crippen molar-refractivity contribution in [3.63, 3.8) is 0 Å². The summed E-state index contributed by atoms with van der Waals surface area (Å²) < 4.78 is 0. The monoisotopic (exact) mass is 423 g/mol. The van der Waals surface area contributed by atoms with Gasteiger partial charge >= 0.3 is 0 Å². The van der Waals surface area contributed by atoms with Crippen molar-refractivity contribution in [1.82, 2.24) is 15.3 Å². The van der Waals surface area contributed by atoms with Crippen molar-refractivity contribution in [2.24, 2.45) is 11.8 Å². The van der Waals surface area contributed by atoms with Gasteiger partial charge in [0, 0.05) is 48.6 Å². The number of aliphatic hydroxyl groups excluding tert-OH is 1. The molecule has 8 heteroatoms. The summed E-state index contributed by atoms with van der Waals surface area (Å²) in [4.78, 5) is 35.9. The van der Waals surface area contributed by atoms with Crippen molar-refractivity contribution >= 4 is 23.5 Å². The van der Waals surface area contributed by atoms with E-state index in [0.29, 0.717) is 17.4 Å². The van der Waals surface area contributed by atoms with Gasteiger partial charge in [-0.15, -0.1) is 0 Å². The number of hydrogen-bond donors (Lipinski definition) is 3. The maximum absolute atomic E-state index is 12.7. The molecule has 3 N–H and O–H groups in total. The molecule has 1 fully saturated rings. The first-order valence-corrected chi connectivity index (χ1v) is 10.8. The van der Waals surface area contributed by atoms with Gasteiger partial charge in [0.1, 0.15) is 0 Å². The number of carbonyl (C=O) groups is 2. The number of hydrogen-bond acceptors (Lipinski definition) is 6. The van der Waals surface area contributed by atoms with Crippen molar-refractivity contribution in [2.75, 3.05) is 16.8 Å². The second-order valence-corrected chi connectivity index (χ2v) is 8.60. The van der Waals surface area contributed by atoms with Crippen LogP contribution in [-0.2, 0) is 4.79 Å². The molecule has 4 atom stereocenters. The second kappa shape index (κ2) is 8.63. The Balaban J connectivity index is 1.77. The van der Waals surface area contributed by atoms with E-state index in [2.05, 4.69) is 27.5 Å². The minimum Gasteiger partial charge on any atom is -0.394 e. The lowest BCUT2D eigenvalue weighted by molar-refractivity contribution is -0.117. The molecule has 31 heavy (non-hydrogen) atoms. The van der Waals surface area contributed by atoms with Crippen LogP contribution in [0.2, 0.25) is 0 Å². The predicted octanol–water partition coefficient (Wildman–Crippen LogP) is 2.52. The smallest absolute Gasteiger partial charge is 0.251 e. The van der Waals surface area contributed by atoms with Crippen LogP contribution in [0.3, 0.4) is 0 Å². The zero-order valence-electron chi connectivity index (χ0n) is 18.1. The Bertz CT molecular complexity index is 963. The SMILES string of the molecule is CC(=O)N1c2ccc(C(=O)NC(C)CO)cc2[C@H](Nc2ncccn2)[C@@H](C)[C@@H]1C1CC1. The summed E-state index contributed by atoms with van der Waals surface area (Å²) in [7, 11) is 0. The quantitative estimate of drug-likeness (QED) is 0.659. The van der Waals surface area contributed by atoms with Crippen LogP contribution < -0.4 is 15.5 Å². The van der Waals surface area contributed by atoms with Gasteiger partial charge in [0.25, 0.3) is 5.91 Å². The molecule has 1 aliphatic heterocycles. The molecule has 1 aromatic carbocycles. The first kappa shape index (κ1) is 21.2. The van der Waals surface area contributed by atoms with Crippen LogP contribution in [0.4, 0.5) is 11.6 Å². The standard InChI is InChI=1S/C23H29N5O3/c1-13(12-29)26-22(31)17-7-8-19-18(11-17)20(27-23-24-9-4-10-25-23)14(2)21(16-5-6-16)28(19)15(3)30/h4,7-11,13-14,16,20-21,29H,5-6,12H2,1-3H3,(H,26,31)(H,24,25,27)/t13?,14-,20-,21-/m1/s1. The van der Waals surface area contributed by atoms with Gasteiger partial charge in [-0.2, -0.15) is 0 Å². The number of anilines is 2. The molecule has 0 spiro atoms. The molecular formula is C23H29N5O3. The van der Waals surface area contributed by atoms with Crippen LogP contribution in [0.5, 0.6) is 0 Å². The molecule has 4 rings (SSSR count). The maximum Gasteiger partial charge on any atom is 0.251 e. The molecule has 8 nitrogen and oxygen atoms in total. The lowest BCUT2D eigenvalue weighted by Gasteiger charge is -2.45. The van der Waals surface area contributed by atoms with Crippen molar-refractivity contribution in [3.05, 3.63) is 47.8 Å². The minimum absolute atomic E-state index is 0.00511. The van der Waals surface area contributed by atoms with Crippen molar-refractivity contribution < 1.29 is 14.7 Å². The lowest BCUT2D eigenvalue weighted by atomic mass is 9.79. The van der Waals surface area contributed by atoms with Gasteiger partial charge in [0.2, 0.25) is 11.9 Å². The van der Waals surface area contributed by atoms with Crippen molar-refractivity contribution in [3.8, 4) is 0 Å². The van der Waals surface area contributed by atoms with Gasteiger partial charge in [-0.1, -0.05) is 6.92 Å². The fraction of sp³-hybridized carbons (Fsp3) is 0.478. The summed E-state index contributed by atoms with van der Waals surface area (Å²) in [6.45, 7) is 5.35. The van der Waals surface area contributed by atoms with E-state index in [1.807, 2.05) is 17.0 Å². The average molecular weight is 424 g/mol. The number of aromatic nitrogens is 2. The van der Waals surface area contributed by atoms with Gasteiger partial charge < -0.3 is 20.6 Å². The molecule has 1 aromatic heterocycles. The molecule has 164 valence electrons. The summed E-state index contributed by atoms with van der Waals surface area (Å²) in [5.41, 5.74) is 2.18. The fourth-order valence-corrected chi connectivity index (χ4v) is 4.57. The normalized spacial score (nSPS) is 23.6. The van der Waals surface area contributed by atoms with Gasteiger partial charge in [-0.3, -0.25) is 9.59 Å². The Morgan fingerprint density at radius 2 is 1.97 bits per heavy atom. The molecule has 0 radical (unpaired) electrons. The zero-order valence-corrected chi connectivity index (χ0v) is 18.1. The highest BCUT2D eigenvalue weighted by molar-refractivity contribution is 5.98. The van der Waals surface area contributed by atoms with E-state index in [1.165, 1.54) is 0 Å². The second-order valence-electron chi connectivity index (χ2n) is 8.60. The number of amides is 2. The maximum atomic E-state index is 12.7. The van der Waals surface area contributed by atoms with E-state index in [9.17, 15) is 14.7 Å². The Morgan fingerprint density at radius 1 is 1.26 bits per heavy atom. The van der Waals surface area contributed by atoms with Crippen LogP contribution in [0.15, 0.2) is 36.7 Å². The zero-order chi connectivity index (χ0) is 22.1. The molecule has 2 aliphatic rings. The molecule has 1 saturated carbocycles. The van der Waals surface area contributed by atoms with Gasteiger partial charge in [0.15, 0.2) is 0 Å². The third kappa shape index (κ3) is 4.25. The van der Waals surface area contributed by atoms with Gasteiger partial charge in [-0.05, 0) is 55.5 Å². The van der Waals surface area contributed by atoms with Crippen LogP contribution in [0.1, 0.15) is 55.6 Å². The van der Waals surface area contributed by atoms with Crippen LogP contribution in [0.25, 0.3) is 0 Å². The van der Waals surface area contributed by atoms with Crippen molar-refractivity contribution in [2.45, 2.75) is 51.7 Å². The molecule has 2 heterocycles. The van der Waals surface area contributed by atoms with E-state index < -0.39 is 0 Å². The Kier molecular flexibility index (Phi) is 5.91. The number of fused-ring (bicyclic) bond motifs is 1. The van der Waals surface area contributed by atoms with E-state index >= 15 is 0 Å². The van der Waals surface area contributed by atoms with E-state index in [0.717, 1.165) is 24.1 Å². The summed E-state index contributed by atoms with van der Waals surface area (Å²) >= 11 is 0. The minimum atomic E-state index is -0.345. The topological polar surface area (TPSA) is 107 Å². The van der Waals surface area contributed by atoms with Crippen LogP contribution in [-0.4, -0.2) is 45.6 Å². The molecular weight excluding hydrogens is 394 g/mol.